The molecular formula is C65H114O6. The first-order valence-corrected chi connectivity index (χ1v) is 30.4. The molecule has 0 aliphatic heterocycles. The molecule has 0 aliphatic rings. The number of carbonyl (C=O) groups excluding carboxylic acids is 3. The zero-order valence-corrected chi connectivity index (χ0v) is 47.0. The standard InChI is InChI=1S/C65H114O6/c1-4-7-10-13-16-18-20-22-24-26-28-29-30-31-32-33-34-35-37-38-40-42-44-46-49-52-55-58-64(67)70-61-62(60-69-63(66)57-54-51-48-15-12-9-6-3)71-65(68)59-56-53-50-47-45-43-41-39-36-27-25-23-21-19-17-14-11-8-5-2/h7,10,16-19,22-25,28-29,62H,4-6,8-9,11-15,20-21,26-27,30-61H2,1-3H3/b10-7-,18-16-,19-17-,24-22-,25-23-,29-28-. The Kier molecular flexibility index (Phi) is 56.8. The minimum atomic E-state index is -0.774. The third-order valence-electron chi connectivity index (χ3n) is 13.2. The second-order valence-corrected chi connectivity index (χ2v) is 20.2. The Morgan fingerprint density at radius 3 is 0.887 bits per heavy atom. The third-order valence-corrected chi connectivity index (χ3v) is 13.2. The summed E-state index contributed by atoms with van der Waals surface area (Å²) in [5.41, 5.74) is 0. The van der Waals surface area contributed by atoms with Crippen molar-refractivity contribution in [2.45, 2.75) is 309 Å². The van der Waals surface area contributed by atoms with E-state index in [1.807, 2.05) is 0 Å². The van der Waals surface area contributed by atoms with Crippen LogP contribution in [0.4, 0.5) is 0 Å². The smallest absolute Gasteiger partial charge is 0.306 e. The van der Waals surface area contributed by atoms with Crippen LogP contribution in [0.2, 0.25) is 0 Å². The number of hydrogen-bond acceptors (Lipinski definition) is 6. The average Bonchev–Trinajstić information content (AvgIpc) is 3.37. The number of allylic oxidation sites excluding steroid dienone is 12. The maximum Gasteiger partial charge on any atom is 0.306 e. The van der Waals surface area contributed by atoms with Crippen LogP contribution in [0.15, 0.2) is 72.9 Å². The highest BCUT2D eigenvalue weighted by Gasteiger charge is 2.19. The van der Waals surface area contributed by atoms with E-state index < -0.39 is 6.10 Å². The van der Waals surface area contributed by atoms with Gasteiger partial charge >= 0.3 is 17.9 Å². The molecule has 71 heavy (non-hydrogen) atoms. The van der Waals surface area contributed by atoms with Gasteiger partial charge in [-0.25, -0.2) is 0 Å². The maximum atomic E-state index is 12.8. The fourth-order valence-corrected chi connectivity index (χ4v) is 8.64. The van der Waals surface area contributed by atoms with E-state index in [1.54, 1.807) is 0 Å². The number of rotatable bonds is 55. The van der Waals surface area contributed by atoms with Crippen molar-refractivity contribution in [3.63, 3.8) is 0 Å². The quantitative estimate of drug-likeness (QED) is 0.0261. The first-order chi connectivity index (χ1) is 35.0. The van der Waals surface area contributed by atoms with Crippen LogP contribution in [0.1, 0.15) is 303 Å². The summed E-state index contributed by atoms with van der Waals surface area (Å²) in [7, 11) is 0. The number of ether oxygens (including phenoxy) is 3. The van der Waals surface area contributed by atoms with Crippen molar-refractivity contribution in [3.05, 3.63) is 72.9 Å². The van der Waals surface area contributed by atoms with E-state index in [1.165, 1.54) is 173 Å². The molecule has 6 nitrogen and oxygen atoms in total. The minimum Gasteiger partial charge on any atom is -0.462 e. The molecule has 0 radical (unpaired) electrons. The van der Waals surface area contributed by atoms with Crippen LogP contribution in [0.25, 0.3) is 0 Å². The zero-order valence-electron chi connectivity index (χ0n) is 47.0. The van der Waals surface area contributed by atoms with E-state index in [-0.39, 0.29) is 31.1 Å². The fourth-order valence-electron chi connectivity index (χ4n) is 8.64. The van der Waals surface area contributed by atoms with Gasteiger partial charge in [-0.05, 0) is 89.9 Å². The number of hydrogen-bond donors (Lipinski definition) is 0. The van der Waals surface area contributed by atoms with Crippen LogP contribution in [0, 0.1) is 0 Å². The van der Waals surface area contributed by atoms with Gasteiger partial charge in [-0.1, -0.05) is 267 Å². The van der Waals surface area contributed by atoms with Gasteiger partial charge in [0.05, 0.1) is 0 Å². The topological polar surface area (TPSA) is 78.9 Å². The molecule has 410 valence electrons. The van der Waals surface area contributed by atoms with Gasteiger partial charge in [-0.3, -0.25) is 14.4 Å². The first kappa shape index (κ1) is 67.8. The molecule has 0 spiro atoms. The van der Waals surface area contributed by atoms with E-state index in [2.05, 4.69) is 93.7 Å². The predicted molar refractivity (Wildman–Crippen MR) is 307 cm³/mol. The van der Waals surface area contributed by atoms with Gasteiger partial charge in [0, 0.05) is 19.3 Å². The average molecular weight is 992 g/mol. The minimum absolute atomic E-state index is 0.0745. The number of esters is 3. The highest BCUT2D eigenvalue weighted by molar-refractivity contribution is 5.71. The molecule has 0 saturated carbocycles. The Morgan fingerprint density at radius 2 is 0.549 bits per heavy atom. The molecule has 0 N–H and O–H groups in total. The lowest BCUT2D eigenvalue weighted by Crippen LogP contribution is -2.30. The zero-order chi connectivity index (χ0) is 51.4. The van der Waals surface area contributed by atoms with E-state index in [0.29, 0.717) is 19.3 Å². The summed E-state index contributed by atoms with van der Waals surface area (Å²) < 4.78 is 16.8. The van der Waals surface area contributed by atoms with Gasteiger partial charge in [-0.15, -0.1) is 0 Å². The van der Waals surface area contributed by atoms with E-state index in [4.69, 9.17) is 14.2 Å². The van der Waals surface area contributed by atoms with Crippen LogP contribution >= 0.6 is 0 Å². The second-order valence-electron chi connectivity index (χ2n) is 20.2. The molecule has 6 heteroatoms. The Balaban J connectivity index is 4.12. The van der Waals surface area contributed by atoms with Crippen molar-refractivity contribution in [2.24, 2.45) is 0 Å². The summed E-state index contributed by atoms with van der Waals surface area (Å²) in [5, 5.41) is 0. The van der Waals surface area contributed by atoms with Crippen molar-refractivity contribution < 1.29 is 28.6 Å². The molecule has 0 bridgehead atoms. The molecule has 0 heterocycles. The van der Waals surface area contributed by atoms with E-state index >= 15 is 0 Å². The molecule has 0 aromatic rings. The van der Waals surface area contributed by atoms with Crippen LogP contribution in [-0.4, -0.2) is 37.2 Å². The van der Waals surface area contributed by atoms with Crippen molar-refractivity contribution in [3.8, 4) is 0 Å². The van der Waals surface area contributed by atoms with Gasteiger partial charge in [-0.2, -0.15) is 0 Å². The molecular weight excluding hydrogens is 877 g/mol. The van der Waals surface area contributed by atoms with Crippen molar-refractivity contribution in [1.29, 1.82) is 0 Å². The monoisotopic (exact) mass is 991 g/mol. The van der Waals surface area contributed by atoms with Crippen molar-refractivity contribution in [1.82, 2.24) is 0 Å². The second kappa shape index (κ2) is 59.4. The summed E-state index contributed by atoms with van der Waals surface area (Å²) in [5.74, 6) is -0.875. The first-order valence-electron chi connectivity index (χ1n) is 30.4. The molecule has 0 aromatic heterocycles. The lowest BCUT2D eigenvalue weighted by Gasteiger charge is -2.18. The molecule has 0 rings (SSSR count). The van der Waals surface area contributed by atoms with Crippen LogP contribution in [0.5, 0.6) is 0 Å². The van der Waals surface area contributed by atoms with Crippen LogP contribution in [0.3, 0.4) is 0 Å². The molecule has 0 fully saturated rings. The van der Waals surface area contributed by atoms with Gasteiger partial charge in [0.15, 0.2) is 6.10 Å². The van der Waals surface area contributed by atoms with Crippen molar-refractivity contribution >= 4 is 17.9 Å². The van der Waals surface area contributed by atoms with E-state index in [0.717, 1.165) is 89.9 Å². The van der Waals surface area contributed by atoms with Gasteiger partial charge in [0.1, 0.15) is 13.2 Å². The molecule has 1 atom stereocenters. The molecule has 0 aromatic carbocycles. The van der Waals surface area contributed by atoms with Gasteiger partial charge in [0.2, 0.25) is 0 Å². The highest BCUT2D eigenvalue weighted by Crippen LogP contribution is 2.16. The van der Waals surface area contributed by atoms with Gasteiger partial charge < -0.3 is 14.2 Å². The number of carbonyl (C=O) groups is 3. The van der Waals surface area contributed by atoms with Gasteiger partial charge in [0.25, 0.3) is 0 Å². The summed E-state index contributed by atoms with van der Waals surface area (Å²) in [6, 6.07) is 0. The van der Waals surface area contributed by atoms with Crippen molar-refractivity contribution in [2.75, 3.05) is 13.2 Å². The molecule has 1 unspecified atom stereocenters. The normalized spacial score (nSPS) is 12.5. The van der Waals surface area contributed by atoms with Crippen LogP contribution < -0.4 is 0 Å². The SMILES string of the molecule is CC/C=C\C/C=C\C/C=C\C/C=C\CCCCCCCCCCCCCCCCC(=O)OCC(COC(=O)CCCCCCCCC)OC(=O)CCCCCCCCCCC/C=C\C/C=C\CCCCC. The summed E-state index contributed by atoms with van der Waals surface area (Å²) in [4.78, 5) is 38.0. The molecule has 0 amide bonds. The number of unbranched alkanes of at least 4 members (excludes halogenated alkanes) is 32. The third kappa shape index (κ3) is 57.6. The predicted octanol–water partition coefficient (Wildman–Crippen LogP) is 20.5. The Bertz CT molecular complexity index is 1320. The highest BCUT2D eigenvalue weighted by atomic mass is 16.6. The summed E-state index contributed by atoms with van der Waals surface area (Å²) >= 11 is 0. The molecule has 0 aliphatic carbocycles. The Morgan fingerprint density at radius 1 is 0.296 bits per heavy atom. The lowest BCUT2D eigenvalue weighted by atomic mass is 10.0. The van der Waals surface area contributed by atoms with E-state index in [9.17, 15) is 14.4 Å². The lowest BCUT2D eigenvalue weighted by molar-refractivity contribution is -0.167. The largest absolute Gasteiger partial charge is 0.462 e. The Labute approximate surface area is 440 Å². The summed E-state index contributed by atoms with van der Waals surface area (Å²) in [6.07, 6.45) is 76.4. The van der Waals surface area contributed by atoms with Crippen LogP contribution in [-0.2, 0) is 28.6 Å². The summed E-state index contributed by atoms with van der Waals surface area (Å²) in [6.45, 7) is 6.48. The maximum absolute atomic E-state index is 12.8. The molecule has 0 saturated heterocycles. The Hall–Kier alpha value is -3.15. The fraction of sp³-hybridized carbons (Fsp3) is 0.769.